The fourth-order valence-electron chi connectivity index (χ4n) is 5.96. The fourth-order valence-corrected chi connectivity index (χ4v) is 6.91. The lowest BCUT2D eigenvalue weighted by molar-refractivity contribution is 0.0935. The molecular formula is C26H33ClN4O2S. The van der Waals surface area contributed by atoms with Crippen molar-refractivity contribution in [1.82, 2.24) is 15.1 Å². The first-order chi connectivity index (χ1) is 16.4. The maximum Gasteiger partial charge on any atom is 0.324 e. The standard InChI is InChI=1S/C26H33ClN4O2S/c1-29(2)16-14-26(12-3-4-13-26)18-5-7-19(8-6-18)31-17-21-20(11-15-30(21)25(31)33)28-24(32)22-9-10-23(27)34-22/h5-10,20-21H,3-4,11-17H2,1-2H3,(H,28,32)/t20-,21-/m1/s1. The van der Waals surface area contributed by atoms with E-state index in [1.54, 1.807) is 12.1 Å². The van der Waals surface area contributed by atoms with Gasteiger partial charge in [0.25, 0.3) is 5.91 Å². The number of amides is 3. The van der Waals surface area contributed by atoms with E-state index in [4.69, 9.17) is 11.6 Å². The van der Waals surface area contributed by atoms with Crippen molar-refractivity contribution in [3.63, 3.8) is 0 Å². The van der Waals surface area contributed by atoms with E-state index in [0.717, 1.165) is 18.7 Å². The molecule has 6 nitrogen and oxygen atoms in total. The monoisotopic (exact) mass is 500 g/mol. The van der Waals surface area contributed by atoms with E-state index in [9.17, 15) is 9.59 Å². The Labute approximate surface area is 210 Å². The first-order valence-electron chi connectivity index (χ1n) is 12.3. The summed E-state index contributed by atoms with van der Waals surface area (Å²) in [5.74, 6) is -0.112. The first-order valence-corrected chi connectivity index (χ1v) is 13.5. The van der Waals surface area contributed by atoms with Crippen molar-refractivity contribution < 1.29 is 9.59 Å². The van der Waals surface area contributed by atoms with Crippen LogP contribution < -0.4 is 10.2 Å². The van der Waals surface area contributed by atoms with Crippen LogP contribution in [0.2, 0.25) is 4.34 Å². The molecule has 3 heterocycles. The number of anilines is 1. The molecule has 182 valence electrons. The Kier molecular flexibility index (Phi) is 6.62. The van der Waals surface area contributed by atoms with E-state index >= 15 is 0 Å². The topological polar surface area (TPSA) is 55.9 Å². The van der Waals surface area contributed by atoms with E-state index in [1.807, 2.05) is 9.80 Å². The summed E-state index contributed by atoms with van der Waals surface area (Å²) < 4.78 is 0.602. The molecule has 0 bridgehead atoms. The second kappa shape index (κ2) is 9.51. The first kappa shape index (κ1) is 23.6. The number of hydrogen-bond donors (Lipinski definition) is 1. The van der Waals surface area contributed by atoms with Crippen LogP contribution in [-0.2, 0) is 5.41 Å². The predicted molar refractivity (Wildman–Crippen MR) is 138 cm³/mol. The maximum absolute atomic E-state index is 13.2. The normalized spacial score (nSPS) is 23.7. The number of urea groups is 1. The number of carbonyl (C=O) groups is 2. The molecule has 0 spiro atoms. The summed E-state index contributed by atoms with van der Waals surface area (Å²) in [4.78, 5) is 32.5. The lowest BCUT2D eigenvalue weighted by Gasteiger charge is -2.31. The minimum Gasteiger partial charge on any atom is -0.346 e. The van der Waals surface area contributed by atoms with Crippen molar-refractivity contribution in [1.29, 1.82) is 0 Å². The van der Waals surface area contributed by atoms with Gasteiger partial charge in [0.15, 0.2) is 0 Å². The zero-order valence-electron chi connectivity index (χ0n) is 19.9. The molecule has 0 radical (unpaired) electrons. The maximum atomic E-state index is 13.2. The Hall–Kier alpha value is -2.09. The molecule has 1 saturated carbocycles. The number of nitrogens with one attached hydrogen (secondary N) is 1. The molecule has 34 heavy (non-hydrogen) atoms. The van der Waals surface area contributed by atoms with Gasteiger partial charge >= 0.3 is 6.03 Å². The van der Waals surface area contributed by atoms with E-state index < -0.39 is 0 Å². The summed E-state index contributed by atoms with van der Waals surface area (Å²) in [7, 11) is 4.28. The van der Waals surface area contributed by atoms with Gasteiger partial charge in [0.1, 0.15) is 0 Å². The van der Waals surface area contributed by atoms with Gasteiger partial charge in [-0.25, -0.2) is 4.79 Å². The number of benzene rings is 1. The number of carbonyl (C=O) groups excluding carboxylic acids is 2. The van der Waals surface area contributed by atoms with Gasteiger partial charge in [-0.15, -0.1) is 11.3 Å². The zero-order valence-corrected chi connectivity index (χ0v) is 21.5. The third kappa shape index (κ3) is 4.45. The number of nitrogens with zero attached hydrogens (tertiary/aromatic N) is 3. The number of fused-ring (bicyclic) bond motifs is 1. The van der Waals surface area contributed by atoms with Crippen LogP contribution in [0, 0.1) is 0 Å². The lowest BCUT2D eigenvalue weighted by atomic mass is 9.76. The summed E-state index contributed by atoms with van der Waals surface area (Å²) in [6.07, 6.45) is 7.03. The zero-order chi connectivity index (χ0) is 23.9. The summed E-state index contributed by atoms with van der Waals surface area (Å²) in [6, 6.07) is 12.2. The molecule has 8 heteroatoms. The molecule has 3 amide bonds. The van der Waals surface area contributed by atoms with Gasteiger partial charge in [0.05, 0.1) is 27.8 Å². The van der Waals surface area contributed by atoms with E-state index in [2.05, 4.69) is 48.6 Å². The van der Waals surface area contributed by atoms with Crippen molar-refractivity contribution in [3.8, 4) is 0 Å². The molecule has 0 unspecified atom stereocenters. The Morgan fingerprint density at radius 3 is 2.56 bits per heavy atom. The molecule has 2 aliphatic heterocycles. The van der Waals surface area contributed by atoms with Crippen molar-refractivity contribution in [2.75, 3.05) is 38.6 Å². The number of halogens is 1. The third-order valence-corrected chi connectivity index (χ3v) is 9.13. The summed E-state index contributed by atoms with van der Waals surface area (Å²) >= 11 is 7.26. The molecule has 5 rings (SSSR count). The summed E-state index contributed by atoms with van der Waals surface area (Å²) in [5.41, 5.74) is 2.61. The highest BCUT2D eigenvalue weighted by atomic mass is 35.5. The highest BCUT2D eigenvalue weighted by Gasteiger charge is 2.47. The second-order valence-corrected chi connectivity index (χ2v) is 11.9. The molecule has 1 N–H and O–H groups in total. The molecule has 3 aliphatic rings. The number of hydrogen-bond acceptors (Lipinski definition) is 4. The highest BCUT2D eigenvalue weighted by molar-refractivity contribution is 7.18. The minimum atomic E-state index is -0.112. The Morgan fingerprint density at radius 2 is 1.91 bits per heavy atom. The van der Waals surface area contributed by atoms with Crippen LogP contribution in [0.3, 0.4) is 0 Å². The molecule has 2 aromatic rings. The highest BCUT2D eigenvalue weighted by Crippen LogP contribution is 2.44. The van der Waals surface area contributed by atoms with Gasteiger partial charge in [-0.05, 0) is 81.6 Å². The van der Waals surface area contributed by atoms with Crippen LogP contribution in [0.15, 0.2) is 36.4 Å². The Morgan fingerprint density at radius 1 is 1.18 bits per heavy atom. The van der Waals surface area contributed by atoms with E-state index in [0.29, 0.717) is 22.3 Å². The molecule has 2 saturated heterocycles. The summed E-state index contributed by atoms with van der Waals surface area (Å²) in [6.45, 7) is 2.36. The lowest BCUT2D eigenvalue weighted by Crippen LogP contribution is -2.44. The number of rotatable bonds is 7. The van der Waals surface area contributed by atoms with Gasteiger partial charge in [-0.2, -0.15) is 0 Å². The van der Waals surface area contributed by atoms with Crippen molar-refractivity contribution in [2.45, 2.75) is 56.0 Å². The quantitative estimate of drug-likeness (QED) is 0.583. The van der Waals surface area contributed by atoms with Crippen LogP contribution in [0.5, 0.6) is 0 Å². The SMILES string of the molecule is CN(C)CCC1(c2ccc(N3C[C@@H]4[C@H](NC(=O)c5ccc(Cl)s5)CCN4C3=O)cc2)CCCC1. The van der Waals surface area contributed by atoms with Crippen LogP contribution in [0.25, 0.3) is 0 Å². The van der Waals surface area contributed by atoms with Gasteiger partial charge in [0, 0.05) is 12.2 Å². The van der Waals surface area contributed by atoms with Gasteiger partial charge < -0.3 is 15.1 Å². The Bertz CT molecular complexity index is 1050. The largest absolute Gasteiger partial charge is 0.346 e. The minimum absolute atomic E-state index is 0.00664. The molecule has 1 aromatic carbocycles. The smallest absolute Gasteiger partial charge is 0.324 e. The van der Waals surface area contributed by atoms with Crippen LogP contribution in [0.1, 0.15) is 53.8 Å². The van der Waals surface area contributed by atoms with Crippen molar-refractivity contribution in [2.24, 2.45) is 0 Å². The van der Waals surface area contributed by atoms with Gasteiger partial charge in [0.2, 0.25) is 0 Å². The average Bonchev–Trinajstić information content (AvgIpc) is 3.60. The van der Waals surface area contributed by atoms with E-state index in [-0.39, 0.29) is 29.4 Å². The second-order valence-electron chi connectivity index (χ2n) is 10.2. The van der Waals surface area contributed by atoms with Crippen LogP contribution in [0.4, 0.5) is 10.5 Å². The summed E-state index contributed by atoms with van der Waals surface area (Å²) in [5, 5.41) is 3.14. The van der Waals surface area contributed by atoms with Gasteiger partial charge in [-0.3, -0.25) is 9.69 Å². The third-order valence-electron chi connectivity index (χ3n) is 7.90. The van der Waals surface area contributed by atoms with E-state index in [1.165, 1.54) is 49.0 Å². The molecule has 3 fully saturated rings. The molecule has 1 aromatic heterocycles. The van der Waals surface area contributed by atoms with Gasteiger partial charge in [-0.1, -0.05) is 36.6 Å². The average molecular weight is 501 g/mol. The molecular weight excluding hydrogens is 468 g/mol. The molecule has 1 aliphatic carbocycles. The number of thiophene rings is 1. The van der Waals surface area contributed by atoms with Crippen LogP contribution >= 0.6 is 22.9 Å². The van der Waals surface area contributed by atoms with Crippen molar-refractivity contribution >= 4 is 40.6 Å². The van der Waals surface area contributed by atoms with Crippen molar-refractivity contribution in [3.05, 3.63) is 51.2 Å². The fraction of sp³-hybridized carbons (Fsp3) is 0.538. The predicted octanol–water partition coefficient (Wildman–Crippen LogP) is 4.98. The Balaban J connectivity index is 1.28. The molecule has 2 atom stereocenters. The van der Waals surface area contributed by atoms with Crippen LogP contribution in [-0.4, -0.2) is 67.6 Å².